The van der Waals surface area contributed by atoms with Crippen molar-refractivity contribution in [3.63, 3.8) is 0 Å². The molecule has 0 unspecified atom stereocenters. The summed E-state index contributed by atoms with van der Waals surface area (Å²) in [6, 6.07) is 0. The second-order valence-electron chi connectivity index (χ2n) is 7.82. The summed E-state index contributed by atoms with van der Waals surface area (Å²) in [5.74, 6) is -0.152. The predicted octanol–water partition coefficient (Wildman–Crippen LogP) is 3.14. The van der Waals surface area contributed by atoms with Crippen LogP contribution in [0.25, 0.3) is 0 Å². The van der Waals surface area contributed by atoms with Crippen LogP contribution in [-0.2, 0) is 19.2 Å². The van der Waals surface area contributed by atoms with Gasteiger partial charge in [-0.3, -0.25) is 19.9 Å². The first-order valence-corrected chi connectivity index (χ1v) is 11.1. The third-order valence-corrected chi connectivity index (χ3v) is 5.80. The maximum atomic E-state index is 12.2. The van der Waals surface area contributed by atoms with Crippen molar-refractivity contribution in [3.8, 4) is 0 Å². The zero-order chi connectivity index (χ0) is 21.1. The number of aliphatic carboxylic acids is 1. The van der Waals surface area contributed by atoms with E-state index in [4.69, 9.17) is 26.9 Å². The highest BCUT2D eigenvalue weighted by Gasteiger charge is 2.47. The number of hydroxylamine groups is 1. The fourth-order valence-electron chi connectivity index (χ4n) is 4.05. The molecule has 0 aromatic heterocycles. The summed E-state index contributed by atoms with van der Waals surface area (Å²) in [5, 5.41) is 11.7. The molecule has 0 aromatic carbocycles. The number of rotatable bonds is 14. The van der Waals surface area contributed by atoms with Crippen molar-refractivity contribution in [1.29, 1.82) is 0 Å². The number of carboxylic acid groups (broad SMARTS) is 1. The molecular formula is C21H34N2O5S. The van der Waals surface area contributed by atoms with E-state index < -0.39 is 5.97 Å². The summed E-state index contributed by atoms with van der Waals surface area (Å²) in [4.78, 5) is 28.4. The molecule has 2 bridgehead atoms. The normalized spacial score (nSPS) is 25.4. The summed E-state index contributed by atoms with van der Waals surface area (Å²) >= 11 is 5.15. The number of hydrogen-bond acceptors (Lipinski definition) is 5. The second-order valence-corrected chi connectivity index (χ2v) is 8.31. The van der Waals surface area contributed by atoms with Crippen molar-refractivity contribution in [2.24, 2.45) is 11.8 Å². The van der Waals surface area contributed by atoms with E-state index in [1.807, 2.05) is 0 Å². The summed E-state index contributed by atoms with van der Waals surface area (Å²) in [6.45, 7) is 3.25. The van der Waals surface area contributed by atoms with Gasteiger partial charge in [0, 0.05) is 18.9 Å². The number of fused-ring (bicyclic) bond motifs is 2. The van der Waals surface area contributed by atoms with Crippen molar-refractivity contribution in [2.45, 2.75) is 76.9 Å². The number of allylic oxidation sites excluding steroid dienone is 2. The largest absolute Gasteiger partial charge is 0.481 e. The van der Waals surface area contributed by atoms with Crippen LogP contribution in [-0.4, -0.2) is 47.3 Å². The van der Waals surface area contributed by atoms with Crippen LogP contribution >= 0.6 is 12.2 Å². The molecule has 7 nitrogen and oxygen atoms in total. The van der Waals surface area contributed by atoms with Crippen LogP contribution in [0, 0.1) is 11.8 Å². The number of unbranched alkanes of at least 4 members (excludes halogenated alkanes) is 2. The van der Waals surface area contributed by atoms with Gasteiger partial charge in [0.25, 0.3) is 0 Å². The van der Waals surface area contributed by atoms with Gasteiger partial charge in [-0.15, -0.1) is 0 Å². The smallest absolute Gasteiger partial charge is 0.303 e. The Hall–Kier alpha value is -1.51. The van der Waals surface area contributed by atoms with Crippen LogP contribution in [0.1, 0.15) is 64.7 Å². The number of nitrogens with one attached hydrogen (secondary N) is 2. The highest BCUT2D eigenvalue weighted by atomic mass is 32.1. The Kier molecular flexibility index (Phi) is 10.6. The van der Waals surface area contributed by atoms with E-state index in [9.17, 15) is 9.59 Å². The van der Waals surface area contributed by atoms with Crippen molar-refractivity contribution in [3.05, 3.63) is 12.2 Å². The van der Waals surface area contributed by atoms with Crippen LogP contribution in [0.2, 0.25) is 0 Å². The van der Waals surface area contributed by atoms with Gasteiger partial charge < -0.3 is 15.2 Å². The first-order chi connectivity index (χ1) is 14.0. The molecule has 1 amide bonds. The lowest BCUT2D eigenvalue weighted by molar-refractivity contribution is -0.137. The Morgan fingerprint density at radius 3 is 2.69 bits per heavy atom. The van der Waals surface area contributed by atoms with Gasteiger partial charge in [-0.25, -0.2) is 0 Å². The molecule has 2 fully saturated rings. The molecule has 2 rings (SSSR count). The van der Waals surface area contributed by atoms with Crippen LogP contribution in [0.4, 0.5) is 0 Å². The number of ether oxygens (including phenoxy) is 1. The summed E-state index contributed by atoms with van der Waals surface area (Å²) < 4.78 is 6.08. The van der Waals surface area contributed by atoms with Gasteiger partial charge in [-0.2, -0.15) is 0 Å². The number of hydrogen-bond donors (Lipinski definition) is 3. The van der Waals surface area contributed by atoms with Gasteiger partial charge in [0.15, 0.2) is 0 Å². The maximum Gasteiger partial charge on any atom is 0.303 e. The average Bonchev–Trinajstić information content (AvgIpc) is 3.28. The minimum atomic E-state index is -0.752. The summed E-state index contributed by atoms with van der Waals surface area (Å²) in [5.41, 5.74) is 2.66. The molecule has 0 radical (unpaired) electrons. The van der Waals surface area contributed by atoms with E-state index in [0.717, 1.165) is 38.5 Å². The van der Waals surface area contributed by atoms with E-state index in [1.165, 1.54) is 0 Å². The Balaban J connectivity index is 1.69. The third-order valence-electron chi connectivity index (χ3n) is 5.57. The van der Waals surface area contributed by atoms with E-state index in [0.29, 0.717) is 36.4 Å². The number of carboxylic acids is 1. The topological polar surface area (TPSA) is 96.9 Å². The van der Waals surface area contributed by atoms with Crippen molar-refractivity contribution < 1.29 is 24.3 Å². The Bertz CT molecular complexity index is 583. The van der Waals surface area contributed by atoms with Gasteiger partial charge in [0.05, 0.1) is 25.2 Å². The lowest BCUT2D eigenvalue weighted by Gasteiger charge is -2.27. The third kappa shape index (κ3) is 8.40. The molecule has 2 aliphatic heterocycles. The van der Waals surface area contributed by atoms with Gasteiger partial charge in [-0.05, 0) is 44.4 Å². The second kappa shape index (κ2) is 12.9. The minimum absolute atomic E-state index is 0.104. The van der Waals surface area contributed by atoms with E-state index in [-0.39, 0.29) is 31.0 Å². The van der Waals surface area contributed by atoms with E-state index >= 15 is 0 Å². The zero-order valence-electron chi connectivity index (χ0n) is 17.2. The summed E-state index contributed by atoms with van der Waals surface area (Å²) in [7, 11) is 0. The molecule has 0 aliphatic carbocycles. The minimum Gasteiger partial charge on any atom is -0.481 e. The molecular weight excluding hydrogens is 392 g/mol. The molecule has 2 aliphatic rings. The zero-order valence-corrected chi connectivity index (χ0v) is 18.0. The standard InChI is InChI=1S/C21H34N2O5S/c1-2-3-12-27-23-20(29)13-19(24)22-14-16-15(17-10-11-18(16)28-17)8-6-4-5-7-9-21(25)26/h4,6,15-18H,2-3,5,7-14H2,1H3,(H,22,24)(H,23,29)(H,25,26)/b6-4-/t15-,16+,17-,18+/m1/s1. The molecule has 0 aromatic rings. The van der Waals surface area contributed by atoms with Crippen LogP contribution in [0.15, 0.2) is 12.2 Å². The van der Waals surface area contributed by atoms with Crippen molar-refractivity contribution >= 4 is 29.1 Å². The first-order valence-electron chi connectivity index (χ1n) is 10.7. The van der Waals surface area contributed by atoms with Crippen LogP contribution in [0.5, 0.6) is 0 Å². The average molecular weight is 427 g/mol. The number of amides is 1. The van der Waals surface area contributed by atoms with Crippen LogP contribution in [0.3, 0.4) is 0 Å². The van der Waals surface area contributed by atoms with Gasteiger partial charge in [0.1, 0.15) is 4.99 Å². The molecule has 2 heterocycles. The van der Waals surface area contributed by atoms with Gasteiger partial charge in [0.2, 0.25) is 5.91 Å². The molecule has 3 N–H and O–H groups in total. The highest BCUT2D eigenvalue weighted by molar-refractivity contribution is 7.80. The van der Waals surface area contributed by atoms with E-state index in [1.54, 1.807) is 0 Å². The Labute approximate surface area is 178 Å². The predicted molar refractivity (Wildman–Crippen MR) is 114 cm³/mol. The maximum absolute atomic E-state index is 12.2. The fourth-order valence-corrected chi connectivity index (χ4v) is 4.24. The molecule has 2 saturated heterocycles. The number of carbonyl (C=O) groups is 2. The lowest BCUT2D eigenvalue weighted by atomic mass is 9.77. The van der Waals surface area contributed by atoms with Gasteiger partial charge in [-0.1, -0.05) is 37.7 Å². The van der Waals surface area contributed by atoms with Gasteiger partial charge >= 0.3 is 5.97 Å². The monoisotopic (exact) mass is 426 g/mol. The molecule has 0 saturated carbocycles. The highest BCUT2D eigenvalue weighted by Crippen LogP contribution is 2.44. The first kappa shape index (κ1) is 23.8. The molecule has 8 heteroatoms. The molecule has 0 spiro atoms. The summed E-state index contributed by atoms with van der Waals surface area (Å²) in [6.07, 6.45) is 11.5. The van der Waals surface area contributed by atoms with Crippen LogP contribution < -0.4 is 10.8 Å². The molecule has 4 atom stereocenters. The lowest BCUT2D eigenvalue weighted by Crippen LogP contribution is -2.39. The SMILES string of the molecule is CCCCONC(=S)CC(=O)NC[C@H]1[C@@H](C/C=C\CCCC(=O)O)[C@H]2CC[C@@H]1O2. The number of carbonyl (C=O) groups excluding carboxylic acids is 1. The quantitative estimate of drug-likeness (QED) is 0.170. The fraction of sp³-hybridized carbons (Fsp3) is 0.762. The van der Waals surface area contributed by atoms with Crippen molar-refractivity contribution in [2.75, 3.05) is 13.2 Å². The van der Waals surface area contributed by atoms with Crippen molar-refractivity contribution in [1.82, 2.24) is 10.8 Å². The molecule has 164 valence electrons. The Morgan fingerprint density at radius 1 is 1.21 bits per heavy atom. The Morgan fingerprint density at radius 2 is 1.97 bits per heavy atom. The van der Waals surface area contributed by atoms with E-state index in [2.05, 4.69) is 29.9 Å². The molecule has 29 heavy (non-hydrogen) atoms. The number of thiocarbonyl (C=S) groups is 1.